The van der Waals surface area contributed by atoms with E-state index in [-0.39, 0.29) is 0 Å². The lowest BCUT2D eigenvalue weighted by Crippen LogP contribution is -2.30. The maximum absolute atomic E-state index is 5.48. The minimum absolute atomic E-state index is 0.304. The third-order valence-corrected chi connectivity index (χ3v) is 5.91. The van der Waals surface area contributed by atoms with Gasteiger partial charge in [0.05, 0.1) is 12.5 Å². The first-order chi connectivity index (χ1) is 12.8. The van der Waals surface area contributed by atoms with Gasteiger partial charge in [0.15, 0.2) is 22.5 Å². The number of halogens is 1. The lowest BCUT2D eigenvalue weighted by atomic mass is 10.2. The Morgan fingerprint density at radius 1 is 1.08 bits per heavy atom. The molecule has 3 heterocycles. The molecule has 0 N–H and O–H groups in total. The fourth-order valence-electron chi connectivity index (χ4n) is 3.15. The molecule has 0 unspecified atom stereocenters. The molecule has 6 nitrogen and oxygen atoms in total. The molecular formula is C18H15BrN4O2S. The van der Waals surface area contributed by atoms with Crippen molar-refractivity contribution in [3.05, 3.63) is 52.5 Å². The molecular weight excluding hydrogens is 416 g/mol. The summed E-state index contributed by atoms with van der Waals surface area (Å²) in [5.74, 6) is 3.42. The van der Waals surface area contributed by atoms with E-state index in [2.05, 4.69) is 59.9 Å². The molecule has 0 atom stereocenters. The highest BCUT2D eigenvalue weighted by molar-refractivity contribution is 9.10. The van der Waals surface area contributed by atoms with Crippen LogP contribution in [0.15, 0.2) is 52.1 Å². The average Bonchev–Trinajstić information content (AvgIpc) is 3.27. The van der Waals surface area contributed by atoms with E-state index in [0.29, 0.717) is 6.79 Å². The molecule has 5 rings (SSSR count). The van der Waals surface area contributed by atoms with E-state index in [4.69, 9.17) is 9.47 Å². The fourth-order valence-corrected chi connectivity index (χ4v) is 4.42. The minimum Gasteiger partial charge on any atom is -0.454 e. The zero-order chi connectivity index (χ0) is 17.5. The van der Waals surface area contributed by atoms with Crippen LogP contribution in [0.3, 0.4) is 0 Å². The maximum atomic E-state index is 5.48. The smallest absolute Gasteiger partial charge is 0.231 e. The predicted octanol–water partition coefficient (Wildman–Crippen LogP) is 3.96. The molecule has 0 saturated carbocycles. The van der Waals surface area contributed by atoms with E-state index in [1.165, 1.54) is 5.56 Å². The summed E-state index contributed by atoms with van der Waals surface area (Å²) in [6.07, 6.45) is 0. The Morgan fingerprint density at radius 2 is 2.00 bits per heavy atom. The van der Waals surface area contributed by atoms with Gasteiger partial charge in [0.25, 0.3) is 0 Å². The van der Waals surface area contributed by atoms with Gasteiger partial charge in [0, 0.05) is 16.6 Å². The van der Waals surface area contributed by atoms with E-state index >= 15 is 0 Å². The lowest BCUT2D eigenvalue weighted by Gasteiger charge is -2.27. The Bertz CT molecular complexity index is 978. The van der Waals surface area contributed by atoms with Crippen LogP contribution in [0.4, 0.5) is 0 Å². The third-order valence-electron chi connectivity index (χ3n) is 4.36. The number of benzene rings is 2. The normalized spacial score (nSPS) is 15.9. The molecule has 0 fully saturated rings. The lowest BCUT2D eigenvalue weighted by molar-refractivity contribution is 0.174. The molecule has 26 heavy (non-hydrogen) atoms. The number of ether oxygens (including phenoxy) is 2. The van der Waals surface area contributed by atoms with E-state index < -0.39 is 0 Å². The van der Waals surface area contributed by atoms with Crippen molar-refractivity contribution in [1.29, 1.82) is 0 Å². The van der Waals surface area contributed by atoms with Crippen LogP contribution in [0.2, 0.25) is 0 Å². The molecule has 0 radical (unpaired) electrons. The zero-order valence-corrected chi connectivity index (χ0v) is 16.2. The highest BCUT2D eigenvalue weighted by Gasteiger charge is 2.23. The summed E-state index contributed by atoms with van der Waals surface area (Å²) in [5.41, 5.74) is 2.26. The number of rotatable bonds is 3. The SMILES string of the molecule is Brc1cccc(-c2nnc3n2CN(Cc2ccc4c(c2)OCO4)CS3)c1. The van der Waals surface area contributed by atoms with E-state index in [0.717, 1.165) is 51.6 Å². The summed E-state index contributed by atoms with van der Waals surface area (Å²) < 4.78 is 14.1. The quantitative estimate of drug-likeness (QED) is 0.626. The molecule has 0 amide bonds. The minimum atomic E-state index is 0.304. The average molecular weight is 431 g/mol. The zero-order valence-electron chi connectivity index (χ0n) is 13.8. The van der Waals surface area contributed by atoms with Crippen molar-refractivity contribution >= 4 is 27.7 Å². The monoisotopic (exact) mass is 430 g/mol. The predicted molar refractivity (Wildman–Crippen MR) is 102 cm³/mol. The Labute approximate surface area is 163 Å². The van der Waals surface area contributed by atoms with Crippen molar-refractivity contribution in [2.24, 2.45) is 0 Å². The van der Waals surface area contributed by atoms with Gasteiger partial charge in [0.1, 0.15) is 0 Å². The Hall–Kier alpha value is -2.03. The topological polar surface area (TPSA) is 52.4 Å². The molecule has 0 saturated heterocycles. The molecule has 3 aromatic rings. The third kappa shape index (κ3) is 2.98. The molecule has 0 aliphatic carbocycles. The van der Waals surface area contributed by atoms with Gasteiger partial charge in [-0.1, -0.05) is 45.9 Å². The summed E-state index contributed by atoms with van der Waals surface area (Å²) in [5, 5.41) is 9.72. The van der Waals surface area contributed by atoms with Gasteiger partial charge < -0.3 is 9.47 Å². The van der Waals surface area contributed by atoms with E-state index in [1.54, 1.807) is 11.8 Å². The second kappa shape index (κ2) is 6.61. The van der Waals surface area contributed by atoms with Crippen LogP contribution in [-0.4, -0.2) is 32.3 Å². The van der Waals surface area contributed by atoms with Gasteiger partial charge in [-0.15, -0.1) is 10.2 Å². The summed E-state index contributed by atoms with van der Waals surface area (Å²) >= 11 is 5.24. The van der Waals surface area contributed by atoms with E-state index in [9.17, 15) is 0 Å². The van der Waals surface area contributed by atoms with E-state index in [1.807, 2.05) is 18.2 Å². The first-order valence-corrected chi connectivity index (χ1v) is 9.97. The van der Waals surface area contributed by atoms with Crippen molar-refractivity contribution in [3.8, 4) is 22.9 Å². The van der Waals surface area contributed by atoms with Crippen molar-refractivity contribution in [3.63, 3.8) is 0 Å². The van der Waals surface area contributed by atoms with Crippen LogP contribution < -0.4 is 9.47 Å². The summed E-state index contributed by atoms with van der Waals surface area (Å²) in [7, 11) is 0. The molecule has 2 aliphatic rings. The van der Waals surface area contributed by atoms with Crippen molar-refractivity contribution in [1.82, 2.24) is 19.7 Å². The van der Waals surface area contributed by atoms with Crippen LogP contribution >= 0.6 is 27.7 Å². The molecule has 0 bridgehead atoms. The Morgan fingerprint density at radius 3 is 2.92 bits per heavy atom. The van der Waals surface area contributed by atoms with Gasteiger partial charge in [-0.25, -0.2) is 0 Å². The van der Waals surface area contributed by atoms with Crippen LogP contribution in [0.5, 0.6) is 11.5 Å². The highest BCUT2D eigenvalue weighted by atomic mass is 79.9. The first-order valence-electron chi connectivity index (χ1n) is 8.19. The largest absolute Gasteiger partial charge is 0.454 e. The van der Waals surface area contributed by atoms with Crippen LogP contribution in [-0.2, 0) is 13.2 Å². The molecule has 2 aromatic carbocycles. The second-order valence-corrected chi connectivity index (χ2v) is 8.00. The number of fused-ring (bicyclic) bond motifs is 2. The highest BCUT2D eigenvalue weighted by Crippen LogP contribution is 2.34. The van der Waals surface area contributed by atoms with Gasteiger partial charge in [-0.3, -0.25) is 9.47 Å². The van der Waals surface area contributed by atoms with Gasteiger partial charge in [-0.05, 0) is 29.8 Å². The van der Waals surface area contributed by atoms with Crippen molar-refractivity contribution in [2.75, 3.05) is 12.7 Å². The summed E-state index contributed by atoms with van der Waals surface area (Å²) in [6.45, 7) is 1.89. The molecule has 2 aliphatic heterocycles. The Kier molecular flexibility index (Phi) is 4.11. The van der Waals surface area contributed by atoms with Gasteiger partial charge >= 0.3 is 0 Å². The van der Waals surface area contributed by atoms with Gasteiger partial charge in [0.2, 0.25) is 6.79 Å². The number of hydrogen-bond donors (Lipinski definition) is 0. The number of thioether (sulfide) groups is 1. The van der Waals surface area contributed by atoms with Crippen molar-refractivity contribution in [2.45, 2.75) is 18.4 Å². The number of aromatic nitrogens is 3. The molecule has 8 heteroatoms. The number of hydrogen-bond acceptors (Lipinski definition) is 6. The molecule has 132 valence electrons. The first kappa shape index (κ1) is 16.2. The van der Waals surface area contributed by atoms with Crippen LogP contribution in [0.1, 0.15) is 5.56 Å². The van der Waals surface area contributed by atoms with Crippen LogP contribution in [0.25, 0.3) is 11.4 Å². The van der Waals surface area contributed by atoms with Crippen LogP contribution in [0, 0.1) is 0 Å². The Balaban J connectivity index is 1.39. The number of nitrogens with zero attached hydrogens (tertiary/aromatic N) is 4. The summed E-state index contributed by atoms with van der Waals surface area (Å²) in [6, 6.07) is 14.3. The molecule has 1 aromatic heterocycles. The summed E-state index contributed by atoms with van der Waals surface area (Å²) in [4.78, 5) is 2.36. The molecule has 0 spiro atoms. The van der Waals surface area contributed by atoms with Crippen molar-refractivity contribution < 1.29 is 9.47 Å². The standard InChI is InChI=1S/C18H15BrN4O2S/c19-14-3-1-2-13(7-14)17-20-21-18-23(17)9-22(10-26-18)8-12-4-5-15-16(6-12)25-11-24-15/h1-7H,8-11H2. The second-order valence-electron chi connectivity index (χ2n) is 6.18. The maximum Gasteiger partial charge on any atom is 0.231 e. The fraction of sp³-hybridized carbons (Fsp3) is 0.222. The van der Waals surface area contributed by atoms with Gasteiger partial charge in [-0.2, -0.15) is 0 Å².